The van der Waals surface area contributed by atoms with Crippen LogP contribution in [0.3, 0.4) is 0 Å². The van der Waals surface area contributed by atoms with Gasteiger partial charge in [0.15, 0.2) is 21.4 Å². The summed E-state index contributed by atoms with van der Waals surface area (Å²) >= 11 is 1.49. The lowest BCUT2D eigenvalue weighted by molar-refractivity contribution is 0.215. The Labute approximate surface area is 168 Å². The van der Waals surface area contributed by atoms with Gasteiger partial charge in [-0.2, -0.15) is 9.97 Å². The first-order valence-corrected chi connectivity index (χ1v) is 10.8. The lowest BCUT2D eigenvalue weighted by atomic mass is 10.3. The Hall–Kier alpha value is -2.23. The van der Waals surface area contributed by atoms with E-state index in [2.05, 4.69) is 24.7 Å². The van der Waals surface area contributed by atoms with Crippen LogP contribution in [0.4, 0.5) is 11.8 Å². The van der Waals surface area contributed by atoms with Gasteiger partial charge < -0.3 is 20.0 Å². The highest BCUT2D eigenvalue weighted by Crippen LogP contribution is 2.32. The van der Waals surface area contributed by atoms with E-state index in [-0.39, 0.29) is 0 Å². The molecule has 0 atom stereocenters. The van der Waals surface area contributed by atoms with Crippen LogP contribution >= 0.6 is 11.3 Å². The quantitative estimate of drug-likeness (QED) is 0.698. The molecule has 148 valence electrons. The van der Waals surface area contributed by atoms with E-state index >= 15 is 0 Å². The molecule has 0 saturated carbocycles. The number of nitrogens with two attached hydrogens (primary N) is 1. The molecule has 8 nitrogen and oxygen atoms in total. The minimum atomic E-state index is 0.436. The van der Waals surface area contributed by atoms with Gasteiger partial charge in [0.25, 0.3) is 0 Å². The molecule has 0 unspecified atom stereocenters. The number of fused-ring (bicyclic) bond motifs is 1. The number of aromatic nitrogens is 3. The summed E-state index contributed by atoms with van der Waals surface area (Å²) in [6.07, 6.45) is 4.35. The highest BCUT2D eigenvalue weighted by molar-refractivity contribution is 7.21. The van der Waals surface area contributed by atoms with Crippen LogP contribution in [-0.4, -0.2) is 77.1 Å². The molecular weight excluding hydrogens is 374 g/mol. The first-order valence-electron chi connectivity index (χ1n) is 9.94. The van der Waals surface area contributed by atoms with Crippen LogP contribution in [0.15, 0.2) is 22.8 Å². The number of nitrogens with zero attached hydrogens (tertiary/aromatic N) is 6. The first-order chi connectivity index (χ1) is 13.8. The zero-order valence-corrected chi connectivity index (χ0v) is 16.7. The highest BCUT2D eigenvalue weighted by atomic mass is 32.1. The second-order valence-electron chi connectivity index (χ2n) is 7.44. The fourth-order valence-electron chi connectivity index (χ4n) is 3.94. The van der Waals surface area contributed by atoms with Crippen molar-refractivity contribution in [1.82, 2.24) is 24.8 Å². The number of hydrogen-bond donors (Lipinski definition) is 1. The maximum atomic E-state index is 6.20. The summed E-state index contributed by atoms with van der Waals surface area (Å²) in [5.74, 6) is 1.87. The Morgan fingerprint density at radius 3 is 2.43 bits per heavy atom. The van der Waals surface area contributed by atoms with E-state index in [1.54, 1.807) is 6.26 Å². The van der Waals surface area contributed by atoms with E-state index in [0.717, 1.165) is 48.3 Å². The zero-order valence-electron chi connectivity index (χ0n) is 15.9. The molecule has 5 rings (SSSR count). The molecule has 0 aromatic carbocycles. The van der Waals surface area contributed by atoms with Gasteiger partial charge in [-0.15, -0.1) is 0 Å². The van der Waals surface area contributed by atoms with Crippen LogP contribution in [-0.2, 0) is 0 Å². The summed E-state index contributed by atoms with van der Waals surface area (Å²) in [5.41, 5.74) is 6.85. The second-order valence-corrected chi connectivity index (χ2v) is 8.41. The third-order valence-electron chi connectivity index (χ3n) is 5.59. The van der Waals surface area contributed by atoms with Crippen molar-refractivity contribution in [3.63, 3.8) is 0 Å². The van der Waals surface area contributed by atoms with Gasteiger partial charge >= 0.3 is 0 Å². The summed E-state index contributed by atoms with van der Waals surface area (Å²) < 4.78 is 5.45. The summed E-state index contributed by atoms with van der Waals surface area (Å²) in [6.45, 7) is 8.79. The smallest absolute Gasteiger partial charge is 0.228 e. The van der Waals surface area contributed by atoms with Crippen molar-refractivity contribution in [2.75, 3.05) is 63.0 Å². The lowest BCUT2D eigenvalue weighted by Crippen LogP contribution is -2.48. The summed E-state index contributed by atoms with van der Waals surface area (Å²) in [5, 5.41) is 0.782. The van der Waals surface area contributed by atoms with E-state index in [4.69, 9.17) is 15.1 Å². The van der Waals surface area contributed by atoms with Gasteiger partial charge in [0, 0.05) is 39.3 Å². The Morgan fingerprint density at radius 1 is 0.964 bits per heavy atom. The maximum absolute atomic E-state index is 6.20. The predicted octanol–water partition coefficient (Wildman–Crippen LogP) is 2.15. The second kappa shape index (κ2) is 7.65. The Morgan fingerprint density at radius 2 is 1.71 bits per heavy atom. The maximum Gasteiger partial charge on any atom is 0.228 e. The standard InChI is InChI=1S/C19H25N7OS/c20-16-15-18(28-17(21-15)14-4-3-13-27-14)23-19(22-16)26-11-9-25(10-12-26)8-7-24-5-1-2-6-24/h3-4,13H,1-2,5-12H2,(H2,20,22,23). The number of thiazole rings is 1. The number of rotatable bonds is 5. The summed E-state index contributed by atoms with van der Waals surface area (Å²) in [4.78, 5) is 22.0. The number of piperazine rings is 1. The Kier molecular flexibility index (Phi) is 4.87. The Balaban J connectivity index is 1.26. The number of nitrogen functional groups attached to an aromatic ring is 1. The molecule has 5 heterocycles. The average Bonchev–Trinajstić information content (AvgIpc) is 3.47. The zero-order chi connectivity index (χ0) is 18.9. The summed E-state index contributed by atoms with van der Waals surface area (Å²) in [6, 6.07) is 3.74. The van der Waals surface area contributed by atoms with E-state index in [0.29, 0.717) is 17.3 Å². The molecule has 0 aliphatic carbocycles. The van der Waals surface area contributed by atoms with Gasteiger partial charge in [-0.25, -0.2) is 4.98 Å². The molecular formula is C19H25N7OS. The highest BCUT2D eigenvalue weighted by Gasteiger charge is 2.22. The normalized spacial score (nSPS) is 19.1. The van der Waals surface area contributed by atoms with E-state index < -0.39 is 0 Å². The molecule has 2 aliphatic rings. The lowest BCUT2D eigenvalue weighted by Gasteiger charge is -2.35. The van der Waals surface area contributed by atoms with Crippen LogP contribution in [0.5, 0.6) is 0 Å². The van der Waals surface area contributed by atoms with Crippen molar-refractivity contribution < 1.29 is 4.42 Å². The average molecular weight is 400 g/mol. The van der Waals surface area contributed by atoms with Crippen LogP contribution in [0.2, 0.25) is 0 Å². The molecule has 0 bridgehead atoms. The van der Waals surface area contributed by atoms with Crippen LogP contribution in [0, 0.1) is 0 Å². The minimum Gasteiger partial charge on any atom is -0.462 e. The van der Waals surface area contributed by atoms with Gasteiger partial charge in [-0.05, 0) is 38.1 Å². The molecule has 0 amide bonds. The molecule has 28 heavy (non-hydrogen) atoms. The molecule has 0 spiro atoms. The fraction of sp³-hybridized carbons (Fsp3) is 0.526. The van der Waals surface area contributed by atoms with Crippen LogP contribution in [0.25, 0.3) is 21.1 Å². The minimum absolute atomic E-state index is 0.436. The van der Waals surface area contributed by atoms with Crippen LogP contribution in [0.1, 0.15) is 12.8 Å². The fourth-order valence-corrected chi connectivity index (χ4v) is 4.85. The molecule has 2 aliphatic heterocycles. The SMILES string of the molecule is Nc1nc(N2CCN(CCN3CCCC3)CC2)nc2sc(-c3ccco3)nc12. The topological polar surface area (TPSA) is 87.5 Å². The number of anilines is 2. The van der Waals surface area contributed by atoms with Gasteiger partial charge in [0.1, 0.15) is 5.52 Å². The number of likely N-dealkylation sites (tertiary alicyclic amines) is 1. The van der Waals surface area contributed by atoms with Gasteiger partial charge in [-0.1, -0.05) is 11.3 Å². The molecule has 2 fully saturated rings. The third kappa shape index (κ3) is 3.57. The predicted molar refractivity (Wildman–Crippen MR) is 112 cm³/mol. The molecule has 3 aromatic rings. The van der Waals surface area contributed by atoms with Crippen LogP contribution < -0.4 is 10.6 Å². The Bertz CT molecular complexity index is 927. The van der Waals surface area contributed by atoms with Gasteiger partial charge in [-0.3, -0.25) is 4.90 Å². The van der Waals surface area contributed by atoms with Gasteiger partial charge in [0.2, 0.25) is 5.95 Å². The molecule has 3 aromatic heterocycles. The number of hydrogen-bond acceptors (Lipinski definition) is 9. The van der Waals surface area contributed by atoms with Gasteiger partial charge in [0.05, 0.1) is 6.26 Å². The van der Waals surface area contributed by atoms with E-state index in [1.165, 1.54) is 43.8 Å². The van der Waals surface area contributed by atoms with E-state index in [9.17, 15) is 0 Å². The van der Waals surface area contributed by atoms with Crippen molar-refractivity contribution in [2.45, 2.75) is 12.8 Å². The monoisotopic (exact) mass is 399 g/mol. The first kappa shape index (κ1) is 17.8. The molecule has 2 N–H and O–H groups in total. The van der Waals surface area contributed by atoms with Crippen molar-refractivity contribution in [1.29, 1.82) is 0 Å². The van der Waals surface area contributed by atoms with Crippen molar-refractivity contribution in [3.8, 4) is 10.8 Å². The van der Waals surface area contributed by atoms with Crippen molar-refractivity contribution in [3.05, 3.63) is 18.4 Å². The van der Waals surface area contributed by atoms with Crippen molar-refractivity contribution in [2.24, 2.45) is 0 Å². The summed E-state index contributed by atoms with van der Waals surface area (Å²) in [7, 11) is 0. The third-order valence-corrected chi connectivity index (χ3v) is 6.56. The van der Waals surface area contributed by atoms with E-state index in [1.807, 2.05) is 12.1 Å². The molecule has 2 saturated heterocycles. The van der Waals surface area contributed by atoms with Crippen molar-refractivity contribution >= 4 is 33.5 Å². The number of furan rings is 1. The largest absolute Gasteiger partial charge is 0.462 e. The molecule has 0 radical (unpaired) electrons. The molecule has 9 heteroatoms.